The normalized spacial score (nSPS) is 16.4. The fourth-order valence-corrected chi connectivity index (χ4v) is 6.13. The van der Waals surface area contributed by atoms with Crippen LogP contribution in [0, 0.1) is 6.92 Å². The van der Waals surface area contributed by atoms with Gasteiger partial charge in [0.05, 0.1) is 0 Å². The maximum Gasteiger partial charge on any atom is 0.0159 e. The highest BCUT2D eigenvalue weighted by Gasteiger charge is 2.38. The van der Waals surface area contributed by atoms with Gasteiger partial charge in [0, 0.05) is 10.8 Å². The second-order valence-corrected chi connectivity index (χ2v) is 10.3. The molecule has 4 aromatic carbocycles. The monoisotopic (exact) mass is 400 g/mol. The molecule has 0 saturated carbocycles. The highest BCUT2D eigenvalue weighted by molar-refractivity contribution is 5.94. The molecule has 4 aromatic rings. The molecule has 0 spiro atoms. The second kappa shape index (κ2) is 5.98. The van der Waals surface area contributed by atoms with Crippen molar-refractivity contribution in [2.45, 2.75) is 45.4 Å². The van der Waals surface area contributed by atoms with E-state index in [2.05, 4.69) is 113 Å². The fourth-order valence-electron chi connectivity index (χ4n) is 6.13. The molecule has 0 saturated heterocycles. The van der Waals surface area contributed by atoms with Gasteiger partial charge in [0.15, 0.2) is 0 Å². The van der Waals surface area contributed by atoms with Crippen molar-refractivity contribution in [2.24, 2.45) is 0 Å². The van der Waals surface area contributed by atoms with Crippen molar-refractivity contribution in [3.05, 3.63) is 107 Å². The molecule has 0 fully saturated rings. The first kappa shape index (κ1) is 18.6. The predicted octanol–water partition coefficient (Wildman–Crippen LogP) is 8.27. The summed E-state index contributed by atoms with van der Waals surface area (Å²) in [7, 11) is 0. The van der Waals surface area contributed by atoms with Crippen LogP contribution in [0.1, 0.15) is 55.5 Å². The van der Waals surface area contributed by atoms with Gasteiger partial charge < -0.3 is 0 Å². The Kier molecular flexibility index (Phi) is 3.59. The molecule has 0 atom stereocenters. The van der Waals surface area contributed by atoms with Crippen molar-refractivity contribution in [1.29, 1.82) is 0 Å². The maximum absolute atomic E-state index is 2.46. The Labute approximate surface area is 185 Å². The Morgan fingerprint density at radius 3 is 1.87 bits per heavy atom. The van der Waals surface area contributed by atoms with Gasteiger partial charge in [-0.1, -0.05) is 100 Å². The lowest BCUT2D eigenvalue weighted by Gasteiger charge is -2.23. The lowest BCUT2D eigenvalue weighted by molar-refractivity contribution is 0.659. The van der Waals surface area contributed by atoms with Crippen LogP contribution in [-0.2, 0) is 10.8 Å². The lowest BCUT2D eigenvalue weighted by atomic mass is 9.80. The summed E-state index contributed by atoms with van der Waals surface area (Å²) in [5, 5.41) is 0. The van der Waals surface area contributed by atoms with Crippen molar-refractivity contribution in [1.82, 2.24) is 0 Å². The minimum atomic E-state index is 0.0157. The van der Waals surface area contributed by atoms with E-state index in [4.69, 9.17) is 0 Å². The SMILES string of the molecule is Cc1cccc2c1-c1ccc(-c3cccc4c3-c3ccccc3C4(C)C)cc1C2(C)C. The van der Waals surface area contributed by atoms with Crippen LogP contribution in [-0.4, -0.2) is 0 Å². The predicted molar refractivity (Wildman–Crippen MR) is 132 cm³/mol. The van der Waals surface area contributed by atoms with Gasteiger partial charge in [-0.25, -0.2) is 0 Å². The van der Waals surface area contributed by atoms with Gasteiger partial charge in [0.25, 0.3) is 0 Å². The number of aryl methyl sites for hydroxylation is 1. The zero-order chi connectivity index (χ0) is 21.5. The third kappa shape index (κ3) is 2.31. The van der Waals surface area contributed by atoms with E-state index in [1.165, 1.54) is 61.2 Å². The van der Waals surface area contributed by atoms with Crippen LogP contribution in [0.5, 0.6) is 0 Å². The Balaban J connectivity index is 1.61. The quantitative estimate of drug-likeness (QED) is 0.301. The number of fused-ring (bicyclic) bond motifs is 6. The summed E-state index contributed by atoms with van der Waals surface area (Å²) in [4.78, 5) is 0. The first-order chi connectivity index (χ1) is 14.8. The van der Waals surface area contributed by atoms with Crippen LogP contribution >= 0.6 is 0 Å². The van der Waals surface area contributed by atoms with Gasteiger partial charge in [0.1, 0.15) is 0 Å². The minimum absolute atomic E-state index is 0.0157. The molecule has 0 N–H and O–H groups in total. The van der Waals surface area contributed by atoms with Gasteiger partial charge in [-0.3, -0.25) is 0 Å². The molecule has 2 aliphatic rings. The van der Waals surface area contributed by atoms with E-state index < -0.39 is 0 Å². The van der Waals surface area contributed by atoms with Crippen molar-refractivity contribution in [2.75, 3.05) is 0 Å². The topological polar surface area (TPSA) is 0 Å². The molecule has 0 heteroatoms. The summed E-state index contributed by atoms with van der Waals surface area (Å²) < 4.78 is 0. The summed E-state index contributed by atoms with van der Waals surface area (Å²) in [6.45, 7) is 11.7. The van der Waals surface area contributed by atoms with Crippen molar-refractivity contribution < 1.29 is 0 Å². The molecule has 6 rings (SSSR count). The van der Waals surface area contributed by atoms with Gasteiger partial charge in [-0.2, -0.15) is 0 Å². The molecular weight excluding hydrogens is 372 g/mol. The Morgan fingerprint density at radius 1 is 0.484 bits per heavy atom. The summed E-state index contributed by atoms with van der Waals surface area (Å²) in [5.41, 5.74) is 15.5. The number of benzene rings is 4. The molecule has 0 bridgehead atoms. The Morgan fingerprint density at radius 2 is 1.06 bits per heavy atom. The van der Waals surface area contributed by atoms with Crippen molar-refractivity contribution >= 4 is 0 Å². The molecule has 0 radical (unpaired) electrons. The molecule has 31 heavy (non-hydrogen) atoms. The largest absolute Gasteiger partial charge is 0.0619 e. The Bertz CT molecular complexity index is 1380. The zero-order valence-corrected chi connectivity index (χ0v) is 19.0. The lowest BCUT2D eigenvalue weighted by Crippen LogP contribution is -2.15. The zero-order valence-electron chi connectivity index (χ0n) is 19.0. The van der Waals surface area contributed by atoms with Crippen LogP contribution < -0.4 is 0 Å². The third-order valence-corrected chi connectivity index (χ3v) is 7.83. The minimum Gasteiger partial charge on any atom is -0.0619 e. The maximum atomic E-state index is 2.46. The molecule has 0 unspecified atom stereocenters. The number of hydrogen-bond donors (Lipinski definition) is 0. The molecule has 152 valence electrons. The van der Waals surface area contributed by atoms with E-state index in [-0.39, 0.29) is 10.8 Å². The van der Waals surface area contributed by atoms with Crippen LogP contribution in [0.4, 0.5) is 0 Å². The first-order valence-corrected chi connectivity index (χ1v) is 11.3. The van der Waals surface area contributed by atoms with Gasteiger partial charge in [0.2, 0.25) is 0 Å². The van der Waals surface area contributed by atoms with Crippen LogP contribution in [0.15, 0.2) is 78.9 Å². The molecule has 0 aliphatic heterocycles. The molecular formula is C31H28. The van der Waals surface area contributed by atoms with E-state index in [1.807, 2.05) is 0 Å². The van der Waals surface area contributed by atoms with E-state index in [0.717, 1.165) is 0 Å². The van der Waals surface area contributed by atoms with Crippen molar-refractivity contribution in [3.63, 3.8) is 0 Å². The van der Waals surface area contributed by atoms with E-state index in [1.54, 1.807) is 0 Å². The molecule has 0 nitrogen and oxygen atoms in total. The highest BCUT2D eigenvalue weighted by Crippen LogP contribution is 2.54. The van der Waals surface area contributed by atoms with Gasteiger partial charge >= 0.3 is 0 Å². The average molecular weight is 401 g/mol. The summed E-state index contributed by atoms with van der Waals surface area (Å²) in [6.07, 6.45) is 0. The summed E-state index contributed by atoms with van der Waals surface area (Å²) >= 11 is 0. The van der Waals surface area contributed by atoms with Crippen LogP contribution in [0.2, 0.25) is 0 Å². The number of rotatable bonds is 1. The first-order valence-electron chi connectivity index (χ1n) is 11.3. The van der Waals surface area contributed by atoms with Crippen LogP contribution in [0.3, 0.4) is 0 Å². The fraction of sp³-hybridized carbons (Fsp3) is 0.226. The van der Waals surface area contributed by atoms with Gasteiger partial charge in [-0.05, 0) is 74.2 Å². The molecule has 0 amide bonds. The van der Waals surface area contributed by atoms with Gasteiger partial charge in [-0.15, -0.1) is 0 Å². The number of hydrogen-bond acceptors (Lipinski definition) is 0. The van der Waals surface area contributed by atoms with E-state index in [9.17, 15) is 0 Å². The standard InChI is InChI=1S/C31H28/c1-19-10-8-14-25-28(19)23-17-16-20(18-27(23)31(25,4)5)21-12-9-15-26-29(21)22-11-6-7-13-24(22)30(26,2)3/h6-18H,1-5H3. The van der Waals surface area contributed by atoms with Crippen molar-refractivity contribution in [3.8, 4) is 33.4 Å². The summed E-state index contributed by atoms with van der Waals surface area (Å²) in [6, 6.07) is 29.7. The average Bonchev–Trinajstić information content (AvgIpc) is 3.14. The third-order valence-electron chi connectivity index (χ3n) is 7.83. The second-order valence-electron chi connectivity index (χ2n) is 10.3. The van der Waals surface area contributed by atoms with E-state index >= 15 is 0 Å². The highest BCUT2D eigenvalue weighted by atomic mass is 14.4. The Hall–Kier alpha value is -3.12. The van der Waals surface area contributed by atoms with Crippen LogP contribution in [0.25, 0.3) is 33.4 Å². The molecule has 0 aromatic heterocycles. The molecule has 0 heterocycles. The smallest absolute Gasteiger partial charge is 0.0159 e. The molecule has 2 aliphatic carbocycles. The van der Waals surface area contributed by atoms with E-state index in [0.29, 0.717) is 0 Å². The summed E-state index contributed by atoms with van der Waals surface area (Å²) in [5.74, 6) is 0.